The predicted octanol–water partition coefficient (Wildman–Crippen LogP) is 2.02. The molecule has 1 aliphatic rings. The Hall–Kier alpha value is -1.62. The fourth-order valence-electron chi connectivity index (χ4n) is 2.25. The number of hydrogen-bond acceptors (Lipinski definition) is 4. The van der Waals surface area contributed by atoms with Gasteiger partial charge in [0.05, 0.1) is 24.2 Å². The second-order valence-corrected chi connectivity index (χ2v) is 4.47. The minimum atomic E-state index is -0.474. The van der Waals surface area contributed by atoms with Crippen LogP contribution in [0.5, 0.6) is 5.75 Å². The maximum Gasteiger partial charge on any atom is 0.273 e. The zero-order valence-electron chi connectivity index (χ0n) is 9.84. The number of ether oxygens (including phenoxy) is 1. The van der Waals surface area contributed by atoms with Gasteiger partial charge in [0.2, 0.25) is 0 Å². The van der Waals surface area contributed by atoms with Crippen molar-refractivity contribution in [2.75, 3.05) is 7.11 Å². The van der Waals surface area contributed by atoms with Gasteiger partial charge in [0.15, 0.2) is 0 Å². The Morgan fingerprint density at radius 3 is 2.59 bits per heavy atom. The molecule has 92 valence electrons. The highest BCUT2D eigenvalue weighted by Gasteiger charge is 2.50. The zero-order valence-corrected chi connectivity index (χ0v) is 9.84. The molecule has 5 heteroatoms. The number of aliphatic hydroxyl groups excluding tert-OH is 1. The number of benzene rings is 1. The Balaban J connectivity index is 2.45. The largest absolute Gasteiger partial charge is 0.496 e. The molecular weight excluding hydrogens is 222 g/mol. The van der Waals surface area contributed by atoms with E-state index in [0.29, 0.717) is 5.75 Å². The highest BCUT2D eigenvalue weighted by Crippen LogP contribution is 2.54. The Morgan fingerprint density at radius 2 is 2.18 bits per heavy atom. The smallest absolute Gasteiger partial charge is 0.273 e. The van der Waals surface area contributed by atoms with Crippen molar-refractivity contribution in [3.05, 3.63) is 33.9 Å². The lowest BCUT2D eigenvalue weighted by Gasteiger charge is -2.21. The number of nitrogens with zero attached hydrogens (tertiary/aromatic N) is 1. The summed E-state index contributed by atoms with van der Waals surface area (Å²) >= 11 is 0. The number of rotatable bonds is 4. The summed E-state index contributed by atoms with van der Waals surface area (Å²) in [4.78, 5) is 10.2. The molecule has 0 aliphatic heterocycles. The van der Waals surface area contributed by atoms with Crippen LogP contribution in [-0.2, 0) is 5.41 Å². The molecule has 1 atom stereocenters. The molecule has 1 aliphatic carbocycles. The van der Waals surface area contributed by atoms with Crippen LogP contribution in [0.3, 0.4) is 0 Å². The molecule has 1 unspecified atom stereocenters. The summed E-state index contributed by atoms with van der Waals surface area (Å²) in [5, 5.41) is 20.5. The first-order chi connectivity index (χ1) is 8.01. The molecule has 0 heterocycles. The van der Waals surface area contributed by atoms with Gasteiger partial charge >= 0.3 is 0 Å². The molecule has 1 aromatic rings. The quantitative estimate of drug-likeness (QED) is 0.642. The maximum absolute atomic E-state index is 10.7. The van der Waals surface area contributed by atoms with E-state index in [4.69, 9.17) is 4.74 Å². The summed E-state index contributed by atoms with van der Waals surface area (Å²) in [5.74, 6) is 0.484. The van der Waals surface area contributed by atoms with E-state index in [1.165, 1.54) is 19.2 Å². The molecule has 0 amide bonds. The van der Waals surface area contributed by atoms with Gasteiger partial charge in [-0.3, -0.25) is 10.1 Å². The second-order valence-electron chi connectivity index (χ2n) is 4.47. The van der Waals surface area contributed by atoms with E-state index in [9.17, 15) is 15.2 Å². The summed E-state index contributed by atoms with van der Waals surface area (Å²) in [6, 6.07) is 4.56. The van der Waals surface area contributed by atoms with Crippen LogP contribution in [0.15, 0.2) is 18.2 Å². The second kappa shape index (κ2) is 4.00. The van der Waals surface area contributed by atoms with Gasteiger partial charge in [-0.2, -0.15) is 0 Å². The fourth-order valence-corrected chi connectivity index (χ4v) is 2.25. The minimum absolute atomic E-state index is 0.00647. The van der Waals surface area contributed by atoms with Crippen LogP contribution in [0.25, 0.3) is 0 Å². The molecule has 0 aromatic heterocycles. The average Bonchev–Trinajstić information content (AvgIpc) is 3.09. The van der Waals surface area contributed by atoms with Crippen LogP contribution < -0.4 is 4.74 Å². The van der Waals surface area contributed by atoms with Gasteiger partial charge in [0.25, 0.3) is 5.69 Å². The Morgan fingerprint density at radius 1 is 1.53 bits per heavy atom. The van der Waals surface area contributed by atoms with Crippen LogP contribution in [-0.4, -0.2) is 23.2 Å². The Bertz CT molecular complexity index is 452. The van der Waals surface area contributed by atoms with Crippen molar-refractivity contribution in [1.82, 2.24) is 0 Å². The third-order valence-corrected chi connectivity index (χ3v) is 3.52. The van der Waals surface area contributed by atoms with E-state index in [0.717, 1.165) is 18.4 Å². The highest BCUT2D eigenvalue weighted by molar-refractivity contribution is 5.50. The van der Waals surface area contributed by atoms with Crippen LogP contribution in [0.2, 0.25) is 0 Å². The van der Waals surface area contributed by atoms with Crippen molar-refractivity contribution in [3.63, 3.8) is 0 Å². The third kappa shape index (κ3) is 1.86. The van der Waals surface area contributed by atoms with Gasteiger partial charge < -0.3 is 9.84 Å². The van der Waals surface area contributed by atoms with Gasteiger partial charge in [-0.05, 0) is 25.8 Å². The molecule has 0 radical (unpaired) electrons. The Kier molecular flexibility index (Phi) is 2.79. The number of methoxy groups -OCH3 is 1. The molecule has 1 aromatic carbocycles. The lowest BCUT2D eigenvalue weighted by atomic mass is 9.90. The monoisotopic (exact) mass is 237 g/mol. The van der Waals surface area contributed by atoms with Gasteiger partial charge in [-0.25, -0.2) is 0 Å². The van der Waals surface area contributed by atoms with Gasteiger partial charge in [0.1, 0.15) is 5.75 Å². The van der Waals surface area contributed by atoms with Gasteiger partial charge in [-0.15, -0.1) is 0 Å². The fraction of sp³-hybridized carbons (Fsp3) is 0.500. The van der Waals surface area contributed by atoms with Crippen LogP contribution >= 0.6 is 0 Å². The molecule has 1 N–H and O–H groups in total. The van der Waals surface area contributed by atoms with Crippen LogP contribution in [0, 0.1) is 10.1 Å². The van der Waals surface area contributed by atoms with Crippen molar-refractivity contribution >= 4 is 5.69 Å². The molecule has 1 fully saturated rings. The van der Waals surface area contributed by atoms with E-state index < -0.39 is 11.0 Å². The van der Waals surface area contributed by atoms with Crippen molar-refractivity contribution < 1.29 is 14.8 Å². The zero-order chi connectivity index (χ0) is 12.6. The topological polar surface area (TPSA) is 72.6 Å². The van der Waals surface area contributed by atoms with E-state index in [1.807, 2.05) is 0 Å². The van der Waals surface area contributed by atoms with Crippen molar-refractivity contribution in [2.45, 2.75) is 31.3 Å². The first-order valence-corrected chi connectivity index (χ1v) is 5.52. The lowest BCUT2D eigenvalue weighted by Crippen LogP contribution is -2.23. The predicted molar refractivity (Wildman–Crippen MR) is 62.2 cm³/mol. The van der Waals surface area contributed by atoms with E-state index in [-0.39, 0.29) is 11.1 Å². The average molecular weight is 237 g/mol. The number of nitro groups is 1. The van der Waals surface area contributed by atoms with Gasteiger partial charge in [-0.1, -0.05) is 0 Å². The lowest BCUT2D eigenvalue weighted by molar-refractivity contribution is -0.384. The number of non-ortho nitro benzene ring substituents is 1. The van der Waals surface area contributed by atoms with Crippen molar-refractivity contribution in [1.29, 1.82) is 0 Å². The first kappa shape index (κ1) is 11.9. The maximum atomic E-state index is 10.7. The van der Waals surface area contributed by atoms with Crippen LogP contribution in [0.4, 0.5) is 5.69 Å². The van der Waals surface area contributed by atoms with Crippen molar-refractivity contribution in [2.24, 2.45) is 0 Å². The molecule has 0 spiro atoms. The van der Waals surface area contributed by atoms with Crippen LogP contribution in [0.1, 0.15) is 25.3 Å². The first-order valence-electron chi connectivity index (χ1n) is 5.52. The molecule has 0 saturated heterocycles. The molecule has 17 heavy (non-hydrogen) atoms. The number of hydrogen-bond donors (Lipinski definition) is 1. The standard InChI is InChI=1S/C12H15NO4/c1-8(14)12(5-6-12)10-4-3-9(13(15)16)7-11(10)17-2/h3-4,7-8,14H,5-6H2,1-2H3. The molecule has 5 nitrogen and oxygen atoms in total. The summed E-state index contributed by atoms with van der Waals surface area (Å²) < 4.78 is 5.20. The summed E-state index contributed by atoms with van der Waals surface area (Å²) in [5.41, 5.74) is 0.591. The van der Waals surface area contributed by atoms with Crippen molar-refractivity contribution in [3.8, 4) is 5.75 Å². The minimum Gasteiger partial charge on any atom is -0.496 e. The van der Waals surface area contributed by atoms with E-state index in [2.05, 4.69) is 0 Å². The highest BCUT2D eigenvalue weighted by atomic mass is 16.6. The van der Waals surface area contributed by atoms with Gasteiger partial charge in [0, 0.05) is 17.0 Å². The van der Waals surface area contributed by atoms with E-state index >= 15 is 0 Å². The summed E-state index contributed by atoms with van der Waals surface area (Å²) in [6.07, 6.45) is 1.30. The van der Waals surface area contributed by atoms with E-state index in [1.54, 1.807) is 13.0 Å². The molecule has 1 saturated carbocycles. The third-order valence-electron chi connectivity index (χ3n) is 3.52. The summed E-state index contributed by atoms with van der Waals surface area (Å²) in [6.45, 7) is 1.74. The number of aliphatic hydroxyl groups is 1. The molecule has 2 rings (SSSR count). The SMILES string of the molecule is COc1cc([N+](=O)[O-])ccc1C1(C(C)O)CC1. The normalized spacial score (nSPS) is 18.5. The molecule has 0 bridgehead atoms. The molecular formula is C12H15NO4. The summed E-state index contributed by atoms with van der Waals surface area (Å²) in [7, 11) is 1.49. The number of nitro benzene ring substituents is 1. The Labute approximate surface area is 99.2 Å².